The molecule has 4 heterocycles. The molecule has 5 aromatic rings. The second-order valence-electron chi connectivity index (χ2n) is 15.8. The molecule has 3 aromatic carbocycles. The minimum absolute atomic E-state index is 0.0660. The number of likely N-dealkylation sites (tertiary alicyclic amines) is 1. The summed E-state index contributed by atoms with van der Waals surface area (Å²) in [6.45, 7) is 9.52. The van der Waals surface area contributed by atoms with Crippen molar-refractivity contribution in [2.24, 2.45) is 0 Å². The standard InChI is InChI=1S/C44H48FN5O6S/c1-28-30(11-8-14-35(28)55-25-9-19-44(45)20-23-49(24-21-44)27-38(51)52)31-16-17-37(47-39(31)41(54)56-43(2,3)4)50-22-18-29-10-7-12-32(33(29)26-50)40(53)48-42-46-34-13-5-6-15-36(34)57-42/h5-8,10-17H,9,18-27H2,1-4H3,(H,51,52)(H,46,48,53). The maximum atomic E-state index is 15.5. The highest BCUT2D eigenvalue weighted by molar-refractivity contribution is 7.22. The number of fused-ring (bicyclic) bond motifs is 2. The summed E-state index contributed by atoms with van der Waals surface area (Å²) in [5.41, 5.74) is 3.62. The number of hydrogen-bond acceptors (Lipinski definition) is 10. The van der Waals surface area contributed by atoms with Crippen LogP contribution in [0.5, 0.6) is 5.75 Å². The molecule has 2 aliphatic rings. The van der Waals surface area contributed by atoms with Gasteiger partial charge in [-0.05, 0) is 118 Å². The van der Waals surface area contributed by atoms with E-state index in [2.05, 4.69) is 15.2 Å². The van der Waals surface area contributed by atoms with E-state index in [9.17, 15) is 14.4 Å². The minimum atomic E-state index is -1.34. The number of carbonyl (C=O) groups excluding carboxylic acids is 2. The lowest BCUT2D eigenvalue weighted by Gasteiger charge is -2.35. The first-order valence-corrected chi connectivity index (χ1v) is 20.2. The lowest BCUT2D eigenvalue weighted by atomic mass is 9.89. The number of halogens is 1. The summed E-state index contributed by atoms with van der Waals surface area (Å²) in [4.78, 5) is 52.0. The molecule has 13 heteroatoms. The second-order valence-corrected chi connectivity index (χ2v) is 16.9. The Balaban J connectivity index is 1.09. The third-order valence-corrected chi connectivity index (χ3v) is 11.5. The fourth-order valence-electron chi connectivity index (χ4n) is 7.59. The Morgan fingerprint density at radius 3 is 2.47 bits per heavy atom. The lowest BCUT2D eigenvalue weighted by molar-refractivity contribution is -0.139. The van der Waals surface area contributed by atoms with Crippen molar-refractivity contribution < 1.29 is 33.4 Å². The zero-order chi connectivity index (χ0) is 40.3. The normalized spacial score (nSPS) is 15.6. The molecule has 0 unspecified atom stereocenters. The number of hydrogen-bond donors (Lipinski definition) is 2. The van der Waals surface area contributed by atoms with Gasteiger partial charge in [-0.15, -0.1) is 0 Å². The number of para-hydroxylation sites is 1. The van der Waals surface area contributed by atoms with E-state index in [0.29, 0.717) is 92.7 Å². The monoisotopic (exact) mass is 793 g/mol. The van der Waals surface area contributed by atoms with E-state index in [1.165, 1.54) is 11.3 Å². The van der Waals surface area contributed by atoms with Crippen molar-refractivity contribution >= 4 is 50.3 Å². The lowest BCUT2D eigenvalue weighted by Crippen LogP contribution is -2.43. The molecule has 1 amide bonds. The summed E-state index contributed by atoms with van der Waals surface area (Å²) in [7, 11) is 0. The highest BCUT2D eigenvalue weighted by Crippen LogP contribution is 2.36. The van der Waals surface area contributed by atoms with Gasteiger partial charge in [0.05, 0.1) is 23.4 Å². The van der Waals surface area contributed by atoms with Gasteiger partial charge in [0.2, 0.25) is 0 Å². The maximum absolute atomic E-state index is 15.5. The molecule has 0 spiro atoms. The van der Waals surface area contributed by atoms with Crippen molar-refractivity contribution in [1.29, 1.82) is 0 Å². The van der Waals surface area contributed by atoms with E-state index in [4.69, 9.17) is 19.6 Å². The molecule has 2 aliphatic heterocycles. The minimum Gasteiger partial charge on any atom is -0.493 e. The number of pyridine rings is 1. The highest BCUT2D eigenvalue weighted by Gasteiger charge is 2.34. The average Bonchev–Trinajstić information content (AvgIpc) is 3.59. The summed E-state index contributed by atoms with van der Waals surface area (Å²) in [6, 6.07) is 23.0. The van der Waals surface area contributed by atoms with Gasteiger partial charge >= 0.3 is 11.9 Å². The van der Waals surface area contributed by atoms with Crippen molar-refractivity contribution in [1.82, 2.24) is 14.9 Å². The van der Waals surface area contributed by atoms with Crippen LogP contribution >= 0.6 is 11.3 Å². The van der Waals surface area contributed by atoms with E-state index < -0.39 is 23.2 Å². The number of carboxylic acid groups (broad SMARTS) is 1. The van der Waals surface area contributed by atoms with Crippen LogP contribution in [0, 0.1) is 6.92 Å². The largest absolute Gasteiger partial charge is 0.493 e. The van der Waals surface area contributed by atoms with Crippen molar-refractivity contribution in [3.05, 3.63) is 101 Å². The number of nitrogens with one attached hydrogen (secondary N) is 1. The van der Waals surface area contributed by atoms with Crippen LogP contribution in [0.3, 0.4) is 0 Å². The molecule has 2 N–H and O–H groups in total. The topological polar surface area (TPSA) is 134 Å². The number of alkyl halides is 1. The number of anilines is 2. The van der Waals surface area contributed by atoms with Gasteiger partial charge in [-0.3, -0.25) is 19.8 Å². The molecule has 1 fully saturated rings. The maximum Gasteiger partial charge on any atom is 0.358 e. The highest BCUT2D eigenvalue weighted by atomic mass is 32.1. The van der Waals surface area contributed by atoms with Crippen molar-refractivity contribution in [2.45, 2.75) is 77.6 Å². The Hall–Kier alpha value is -5.40. The number of aromatic nitrogens is 2. The Morgan fingerprint density at radius 1 is 0.947 bits per heavy atom. The molecule has 7 rings (SSSR count). The Morgan fingerprint density at radius 2 is 1.72 bits per heavy atom. The van der Waals surface area contributed by atoms with Crippen molar-refractivity contribution in [2.75, 3.05) is 43.0 Å². The summed E-state index contributed by atoms with van der Waals surface area (Å²) in [5.74, 6) is -0.471. The molecule has 57 heavy (non-hydrogen) atoms. The zero-order valence-corrected chi connectivity index (χ0v) is 33.6. The summed E-state index contributed by atoms with van der Waals surface area (Å²) < 4.78 is 28.6. The van der Waals surface area contributed by atoms with Crippen LogP contribution in [0.1, 0.15) is 84.0 Å². The van der Waals surface area contributed by atoms with Crippen molar-refractivity contribution in [3.63, 3.8) is 0 Å². The van der Waals surface area contributed by atoms with Gasteiger partial charge in [-0.1, -0.05) is 47.7 Å². The van der Waals surface area contributed by atoms with E-state index in [0.717, 1.165) is 32.5 Å². The fraction of sp³-hybridized carbons (Fsp3) is 0.386. The molecule has 0 bridgehead atoms. The number of nitrogens with zero attached hydrogens (tertiary/aromatic N) is 4. The number of esters is 1. The van der Waals surface area contributed by atoms with Gasteiger partial charge in [-0.2, -0.15) is 0 Å². The van der Waals surface area contributed by atoms with E-state index in [1.54, 1.807) is 4.90 Å². The Kier molecular flexibility index (Phi) is 11.6. The van der Waals surface area contributed by atoms with Gasteiger partial charge in [0.15, 0.2) is 10.8 Å². The summed E-state index contributed by atoms with van der Waals surface area (Å²) in [5, 5.41) is 12.6. The number of carboxylic acids is 1. The van der Waals surface area contributed by atoms with Crippen LogP contribution in [0.15, 0.2) is 72.8 Å². The molecule has 0 radical (unpaired) electrons. The van der Waals surface area contributed by atoms with Crippen LogP contribution in [0.4, 0.5) is 15.3 Å². The number of amides is 1. The van der Waals surface area contributed by atoms with Crippen molar-refractivity contribution in [3.8, 4) is 16.9 Å². The predicted molar refractivity (Wildman–Crippen MR) is 220 cm³/mol. The Bertz CT molecular complexity index is 2260. The van der Waals surface area contributed by atoms with Gasteiger partial charge in [-0.25, -0.2) is 19.2 Å². The number of thiazole rings is 1. The second kappa shape index (κ2) is 16.6. The number of carbonyl (C=O) groups is 3. The van der Waals surface area contributed by atoms with Crippen LogP contribution in [0.25, 0.3) is 21.3 Å². The molecule has 0 atom stereocenters. The molecule has 11 nitrogen and oxygen atoms in total. The number of piperidine rings is 1. The quantitative estimate of drug-likeness (QED) is 0.0936. The van der Waals surface area contributed by atoms with Crippen LogP contribution in [-0.2, 0) is 22.5 Å². The van der Waals surface area contributed by atoms with Gasteiger partial charge < -0.3 is 19.5 Å². The first kappa shape index (κ1) is 39.8. The molecular formula is C44H48FN5O6S. The van der Waals surface area contributed by atoms with Gasteiger partial charge in [0.1, 0.15) is 22.8 Å². The summed E-state index contributed by atoms with van der Waals surface area (Å²) >= 11 is 1.43. The van der Waals surface area contributed by atoms with Crippen LogP contribution < -0.4 is 15.0 Å². The molecule has 0 aliphatic carbocycles. The third kappa shape index (κ3) is 9.43. The number of benzene rings is 3. The smallest absolute Gasteiger partial charge is 0.358 e. The van der Waals surface area contributed by atoms with E-state index >= 15 is 4.39 Å². The number of ether oxygens (including phenoxy) is 2. The molecule has 2 aromatic heterocycles. The van der Waals surface area contributed by atoms with Gasteiger partial charge in [0, 0.05) is 37.3 Å². The van der Waals surface area contributed by atoms with Gasteiger partial charge in [0.25, 0.3) is 5.91 Å². The third-order valence-electron chi connectivity index (χ3n) is 10.5. The molecular weight excluding hydrogens is 746 g/mol. The number of rotatable bonds is 12. The average molecular weight is 794 g/mol. The molecule has 298 valence electrons. The first-order chi connectivity index (χ1) is 27.2. The van der Waals surface area contributed by atoms with Crippen LogP contribution in [0.2, 0.25) is 0 Å². The van der Waals surface area contributed by atoms with Crippen LogP contribution in [-0.4, -0.2) is 81.9 Å². The van der Waals surface area contributed by atoms with E-state index in [1.807, 2.05) is 100 Å². The summed E-state index contributed by atoms with van der Waals surface area (Å²) in [6.07, 6.45) is 2.13. The zero-order valence-electron chi connectivity index (χ0n) is 32.8. The SMILES string of the molecule is Cc1c(OCCCC2(F)CCN(CC(=O)O)CC2)cccc1-c1ccc(N2CCc3cccc(C(=O)Nc4nc5ccccc5s4)c3C2)nc1C(=O)OC(C)(C)C. The molecule has 0 saturated carbocycles. The Labute approximate surface area is 335 Å². The predicted octanol–water partition coefficient (Wildman–Crippen LogP) is 8.48. The van der Waals surface area contributed by atoms with E-state index in [-0.39, 0.29) is 18.1 Å². The number of aliphatic carboxylic acids is 1. The fourth-order valence-corrected chi connectivity index (χ4v) is 8.45. The molecule has 1 saturated heterocycles. The first-order valence-electron chi connectivity index (χ1n) is 19.4.